The highest BCUT2D eigenvalue weighted by Crippen LogP contribution is 2.37. The Hall–Kier alpha value is -1.68. The Morgan fingerprint density at radius 2 is 1.94 bits per heavy atom. The normalized spacial score (nSPS) is 18.1. The molecule has 1 heterocycles. The molecule has 1 fully saturated rings. The minimum atomic E-state index is -0.229. The fraction of sp³-hybridized carbons (Fsp3) is 0.333. The first-order chi connectivity index (χ1) is 7.78. The number of rotatable bonds is 2. The van der Waals surface area contributed by atoms with Crippen LogP contribution in [0.15, 0.2) is 36.5 Å². The van der Waals surface area contributed by atoms with Crippen LogP contribution in [0.3, 0.4) is 0 Å². The van der Waals surface area contributed by atoms with Gasteiger partial charge in [-0.2, -0.15) is 0 Å². The first kappa shape index (κ1) is 9.54. The summed E-state index contributed by atoms with van der Waals surface area (Å²) in [5.74, 6) is 0. The van der Waals surface area contributed by atoms with Crippen molar-refractivity contribution in [2.24, 2.45) is 5.73 Å². The van der Waals surface area contributed by atoms with E-state index in [9.17, 15) is 0 Å². The van der Waals surface area contributed by atoms with Crippen molar-refractivity contribution in [1.29, 1.82) is 0 Å². The van der Waals surface area contributed by atoms with E-state index in [2.05, 4.69) is 10.3 Å². The summed E-state index contributed by atoms with van der Waals surface area (Å²) >= 11 is 0. The van der Waals surface area contributed by atoms with Gasteiger partial charge in [-0.1, -0.05) is 23.4 Å². The van der Waals surface area contributed by atoms with Crippen LogP contribution < -0.4 is 5.73 Å². The SMILES string of the molecule is NC1(c2cn(-c3ccccc3)nn2)CCC1. The van der Waals surface area contributed by atoms with Crippen molar-refractivity contribution in [3.05, 3.63) is 42.2 Å². The second-order valence-electron chi connectivity index (χ2n) is 4.39. The molecule has 0 spiro atoms. The van der Waals surface area contributed by atoms with Crippen LogP contribution in [0.25, 0.3) is 5.69 Å². The summed E-state index contributed by atoms with van der Waals surface area (Å²) in [6, 6.07) is 9.96. The summed E-state index contributed by atoms with van der Waals surface area (Å²) in [7, 11) is 0. The molecule has 1 aliphatic rings. The summed E-state index contributed by atoms with van der Waals surface area (Å²) in [5.41, 5.74) is 7.89. The second-order valence-corrected chi connectivity index (χ2v) is 4.39. The third kappa shape index (κ3) is 1.42. The summed E-state index contributed by atoms with van der Waals surface area (Å²) in [6.45, 7) is 0. The van der Waals surface area contributed by atoms with Crippen molar-refractivity contribution in [1.82, 2.24) is 15.0 Å². The Balaban J connectivity index is 1.94. The van der Waals surface area contributed by atoms with Crippen LogP contribution in [0.2, 0.25) is 0 Å². The Bertz CT molecular complexity index is 485. The van der Waals surface area contributed by atoms with Crippen LogP contribution in [-0.4, -0.2) is 15.0 Å². The molecule has 0 radical (unpaired) electrons. The molecule has 4 heteroatoms. The number of nitrogens with zero attached hydrogens (tertiary/aromatic N) is 3. The highest BCUT2D eigenvalue weighted by molar-refractivity contribution is 5.30. The van der Waals surface area contributed by atoms with Crippen molar-refractivity contribution in [3.8, 4) is 5.69 Å². The maximum absolute atomic E-state index is 6.20. The van der Waals surface area contributed by atoms with E-state index in [1.54, 1.807) is 4.68 Å². The van der Waals surface area contributed by atoms with Gasteiger partial charge in [0.1, 0.15) is 5.69 Å². The van der Waals surface area contributed by atoms with E-state index in [0.717, 1.165) is 24.2 Å². The number of para-hydroxylation sites is 1. The van der Waals surface area contributed by atoms with Gasteiger partial charge >= 0.3 is 0 Å². The zero-order valence-electron chi connectivity index (χ0n) is 9.00. The van der Waals surface area contributed by atoms with E-state index in [1.165, 1.54) is 6.42 Å². The van der Waals surface area contributed by atoms with E-state index >= 15 is 0 Å². The van der Waals surface area contributed by atoms with Gasteiger partial charge in [0.25, 0.3) is 0 Å². The van der Waals surface area contributed by atoms with Crippen LogP contribution in [0.1, 0.15) is 25.0 Å². The van der Waals surface area contributed by atoms with Crippen LogP contribution in [0.4, 0.5) is 0 Å². The molecule has 1 aromatic heterocycles. The summed E-state index contributed by atoms with van der Waals surface area (Å²) in [6.07, 6.45) is 5.16. The van der Waals surface area contributed by atoms with Crippen molar-refractivity contribution < 1.29 is 0 Å². The maximum Gasteiger partial charge on any atom is 0.103 e. The summed E-state index contributed by atoms with van der Waals surface area (Å²) < 4.78 is 1.78. The van der Waals surface area contributed by atoms with Crippen LogP contribution in [0.5, 0.6) is 0 Å². The predicted octanol–water partition coefficient (Wildman–Crippen LogP) is 1.61. The van der Waals surface area contributed by atoms with Gasteiger partial charge in [0.05, 0.1) is 17.4 Å². The average Bonchev–Trinajstić information content (AvgIpc) is 2.77. The minimum Gasteiger partial charge on any atom is -0.320 e. The molecule has 0 amide bonds. The monoisotopic (exact) mass is 214 g/mol. The van der Waals surface area contributed by atoms with Crippen molar-refractivity contribution in [2.75, 3.05) is 0 Å². The van der Waals surface area contributed by atoms with Gasteiger partial charge in [-0.25, -0.2) is 4.68 Å². The van der Waals surface area contributed by atoms with Gasteiger partial charge in [-0.15, -0.1) is 5.10 Å². The molecule has 0 bridgehead atoms. The Morgan fingerprint density at radius 1 is 1.19 bits per heavy atom. The minimum absolute atomic E-state index is 0.229. The molecule has 3 rings (SSSR count). The molecule has 2 N–H and O–H groups in total. The molecule has 0 unspecified atom stereocenters. The first-order valence-electron chi connectivity index (χ1n) is 5.55. The lowest BCUT2D eigenvalue weighted by molar-refractivity contribution is 0.246. The van der Waals surface area contributed by atoms with Crippen molar-refractivity contribution >= 4 is 0 Å². The van der Waals surface area contributed by atoms with Crippen molar-refractivity contribution in [2.45, 2.75) is 24.8 Å². The topological polar surface area (TPSA) is 56.7 Å². The number of benzene rings is 1. The van der Waals surface area contributed by atoms with Gasteiger partial charge in [-0.05, 0) is 31.4 Å². The number of nitrogens with two attached hydrogens (primary N) is 1. The summed E-state index contributed by atoms with van der Waals surface area (Å²) in [5, 5.41) is 8.30. The molecule has 0 aliphatic heterocycles. The highest BCUT2D eigenvalue weighted by Gasteiger charge is 2.37. The van der Waals surface area contributed by atoms with Gasteiger partial charge < -0.3 is 5.73 Å². The smallest absolute Gasteiger partial charge is 0.103 e. The van der Waals surface area contributed by atoms with Crippen LogP contribution in [0, 0.1) is 0 Å². The Labute approximate surface area is 94.1 Å². The third-order valence-corrected chi connectivity index (χ3v) is 3.27. The van der Waals surface area contributed by atoms with Gasteiger partial charge in [0, 0.05) is 0 Å². The molecular weight excluding hydrogens is 200 g/mol. The second kappa shape index (κ2) is 3.42. The van der Waals surface area contributed by atoms with Crippen molar-refractivity contribution in [3.63, 3.8) is 0 Å². The lowest BCUT2D eigenvalue weighted by atomic mass is 9.76. The lowest BCUT2D eigenvalue weighted by Crippen LogP contribution is -2.43. The first-order valence-corrected chi connectivity index (χ1v) is 5.55. The van der Waals surface area contributed by atoms with Gasteiger partial charge in [-0.3, -0.25) is 0 Å². The van der Waals surface area contributed by atoms with Gasteiger partial charge in [0.15, 0.2) is 0 Å². The molecule has 0 saturated heterocycles. The molecule has 2 aromatic rings. The standard InChI is InChI=1S/C12H14N4/c13-12(7-4-8-12)11-9-16(15-14-11)10-5-2-1-3-6-10/h1-3,5-6,9H,4,7-8,13H2. The zero-order chi connectivity index (χ0) is 11.0. The molecule has 0 atom stereocenters. The fourth-order valence-electron chi connectivity index (χ4n) is 2.01. The molecular formula is C12H14N4. The third-order valence-electron chi connectivity index (χ3n) is 3.27. The largest absolute Gasteiger partial charge is 0.320 e. The zero-order valence-corrected chi connectivity index (χ0v) is 9.00. The number of aromatic nitrogens is 3. The summed E-state index contributed by atoms with van der Waals surface area (Å²) in [4.78, 5) is 0. The Kier molecular flexibility index (Phi) is 2.04. The van der Waals surface area contributed by atoms with E-state index in [-0.39, 0.29) is 5.54 Å². The van der Waals surface area contributed by atoms with Crippen LogP contribution in [-0.2, 0) is 5.54 Å². The Morgan fingerprint density at radius 3 is 2.56 bits per heavy atom. The molecule has 16 heavy (non-hydrogen) atoms. The molecule has 1 saturated carbocycles. The highest BCUT2D eigenvalue weighted by atomic mass is 15.4. The number of hydrogen-bond acceptors (Lipinski definition) is 3. The van der Waals surface area contributed by atoms with Gasteiger partial charge in [0.2, 0.25) is 0 Å². The molecule has 82 valence electrons. The fourth-order valence-corrected chi connectivity index (χ4v) is 2.01. The molecule has 1 aromatic carbocycles. The molecule has 4 nitrogen and oxygen atoms in total. The number of hydrogen-bond donors (Lipinski definition) is 1. The van der Waals surface area contributed by atoms with E-state index < -0.39 is 0 Å². The van der Waals surface area contributed by atoms with E-state index in [1.807, 2.05) is 36.5 Å². The average molecular weight is 214 g/mol. The van der Waals surface area contributed by atoms with E-state index in [4.69, 9.17) is 5.73 Å². The predicted molar refractivity (Wildman–Crippen MR) is 61.1 cm³/mol. The quantitative estimate of drug-likeness (QED) is 0.826. The maximum atomic E-state index is 6.20. The lowest BCUT2D eigenvalue weighted by Gasteiger charge is -2.35. The molecule has 1 aliphatic carbocycles. The van der Waals surface area contributed by atoms with E-state index in [0.29, 0.717) is 0 Å². The van der Waals surface area contributed by atoms with Crippen LogP contribution >= 0.6 is 0 Å².